The van der Waals surface area contributed by atoms with Crippen molar-refractivity contribution in [2.75, 3.05) is 0 Å². The molecule has 6 nitrogen and oxygen atoms in total. The number of hydrogen-bond donors (Lipinski definition) is 0. The summed E-state index contributed by atoms with van der Waals surface area (Å²) < 4.78 is 23.0. The Morgan fingerprint density at radius 3 is 1.02 bits per heavy atom. The highest BCUT2D eigenvalue weighted by Gasteiger charge is 2.32. The van der Waals surface area contributed by atoms with Crippen LogP contribution in [0.1, 0.15) is 33.4 Å². The van der Waals surface area contributed by atoms with Gasteiger partial charge in [0.05, 0.1) is 44.1 Å². The van der Waals surface area contributed by atoms with Crippen molar-refractivity contribution in [3.05, 3.63) is 282 Å². The highest BCUT2D eigenvalue weighted by Crippen LogP contribution is 2.46. The van der Waals surface area contributed by atoms with Gasteiger partial charge in [-0.2, -0.15) is 0 Å². The van der Waals surface area contributed by atoms with Gasteiger partial charge in [-0.25, -0.2) is 0 Å². The second kappa shape index (κ2) is 19.1. The number of para-hydroxylation sites is 6. The molecule has 0 aliphatic rings. The summed E-state index contributed by atoms with van der Waals surface area (Å²) in [6, 6.07) is 92.6. The van der Waals surface area contributed by atoms with E-state index in [4.69, 9.17) is 8.83 Å². The third-order valence-electron chi connectivity index (χ3n) is 20.0. The maximum Gasteiger partial charge on any atom is 0.242 e. The Balaban J connectivity index is 0.942. The summed E-state index contributed by atoms with van der Waals surface area (Å²) in [5.41, 5.74) is 28.7. The van der Waals surface area contributed by atoms with Crippen molar-refractivity contribution >= 4 is 154 Å². The van der Waals surface area contributed by atoms with Gasteiger partial charge >= 0.3 is 0 Å². The molecule has 13 aromatic carbocycles. The molecular formula is C84H59BN4O2. The minimum atomic E-state index is -0.118. The summed E-state index contributed by atoms with van der Waals surface area (Å²) in [4.78, 5) is 0. The number of aryl methyl sites for hydroxylation is 6. The zero-order valence-electron chi connectivity index (χ0n) is 51.4. The van der Waals surface area contributed by atoms with Crippen LogP contribution in [0.15, 0.2) is 258 Å². The molecule has 0 aliphatic heterocycles. The van der Waals surface area contributed by atoms with Gasteiger partial charge in [0.15, 0.2) is 0 Å². The molecule has 0 amide bonds. The number of furan rings is 2. The molecule has 0 aliphatic carbocycles. The smallest absolute Gasteiger partial charge is 0.242 e. The van der Waals surface area contributed by atoms with Gasteiger partial charge in [-0.3, -0.25) is 0 Å². The average molecular weight is 1170 g/mol. The first-order valence-corrected chi connectivity index (χ1v) is 31.7. The van der Waals surface area contributed by atoms with Gasteiger partial charge in [-0.15, -0.1) is 0 Å². The summed E-state index contributed by atoms with van der Waals surface area (Å²) in [7, 11) is 0. The monoisotopic (exact) mass is 1170 g/mol. The predicted molar refractivity (Wildman–Crippen MR) is 384 cm³/mol. The first-order valence-electron chi connectivity index (χ1n) is 31.7. The van der Waals surface area contributed by atoms with Gasteiger partial charge in [0, 0.05) is 87.4 Å². The van der Waals surface area contributed by atoms with Crippen molar-refractivity contribution in [3.8, 4) is 22.7 Å². The average Bonchev–Trinajstić information content (AvgIpc) is 1.56. The number of aromatic nitrogens is 4. The molecule has 6 aromatic heterocycles. The van der Waals surface area contributed by atoms with Gasteiger partial charge in [0.2, 0.25) is 6.71 Å². The molecule has 0 unspecified atom stereocenters. The zero-order valence-corrected chi connectivity index (χ0v) is 51.4. The lowest BCUT2D eigenvalue weighted by atomic mass is 9.34. The molecule has 0 fully saturated rings. The third kappa shape index (κ3) is 7.37. The lowest BCUT2D eigenvalue weighted by Gasteiger charge is -2.26. The van der Waals surface area contributed by atoms with Crippen LogP contribution >= 0.6 is 0 Å². The largest absolute Gasteiger partial charge is 0.456 e. The van der Waals surface area contributed by atoms with Crippen molar-refractivity contribution in [1.82, 2.24) is 18.3 Å². The Kier molecular flexibility index (Phi) is 10.9. The number of hydrogen-bond acceptors (Lipinski definition) is 2. The normalized spacial score (nSPS) is 12.3. The Morgan fingerprint density at radius 2 is 0.604 bits per heavy atom. The lowest BCUT2D eigenvalue weighted by Crippen LogP contribution is -2.56. The molecule has 0 atom stereocenters. The van der Waals surface area contributed by atoms with Crippen molar-refractivity contribution in [1.29, 1.82) is 0 Å². The number of fused-ring (bicyclic) bond motifs is 20. The third-order valence-corrected chi connectivity index (χ3v) is 20.0. The Labute approximate surface area is 524 Å². The fraction of sp³-hybridized carbons (Fsp3) is 0.0714. The summed E-state index contributed by atoms with van der Waals surface area (Å²) in [6.07, 6.45) is 0. The van der Waals surface area contributed by atoms with Crippen LogP contribution in [0.4, 0.5) is 0 Å². The molecule has 0 saturated carbocycles. The maximum atomic E-state index is 6.44. The van der Waals surface area contributed by atoms with Crippen LogP contribution in [-0.2, 0) is 0 Å². The molecular weight excluding hydrogens is 1110 g/mol. The molecule has 0 radical (unpaired) electrons. The Hall–Kier alpha value is -11.3. The van der Waals surface area contributed by atoms with Gasteiger partial charge in [-0.05, 0) is 145 Å². The van der Waals surface area contributed by atoms with Crippen LogP contribution in [0.3, 0.4) is 0 Å². The fourth-order valence-electron chi connectivity index (χ4n) is 16.6. The highest BCUT2D eigenvalue weighted by atomic mass is 16.3. The van der Waals surface area contributed by atoms with E-state index in [0.29, 0.717) is 0 Å². The Morgan fingerprint density at radius 1 is 0.253 bits per heavy atom. The number of benzene rings is 13. The summed E-state index contributed by atoms with van der Waals surface area (Å²) in [5.74, 6) is 0. The second-order valence-electron chi connectivity index (χ2n) is 25.5. The van der Waals surface area contributed by atoms with Gasteiger partial charge in [0.1, 0.15) is 22.3 Å². The number of nitrogens with zero attached hydrogens (tertiary/aromatic N) is 4. The zero-order chi connectivity index (χ0) is 60.7. The molecule has 0 N–H and O–H groups in total. The van der Waals surface area contributed by atoms with Crippen molar-refractivity contribution < 1.29 is 8.83 Å². The standard InChI is InChI=1S/C84H59BN4O2/c1-48-39-50(3)81(51(4)40-48)85(82-52(5)41-49(2)42-53(82)6)54-43-57(86-71-27-15-9-23-65(71)79-73(86)35-33-63-59-19-7-13-25-69(59)88(83(63)79)55-31-37-77-67(46-55)61-21-11-17-29-75(61)90-77)45-58(44-54)87-72-28-16-10-24-66(72)80-74(87)36-34-64-60-20-8-14-26-70(60)89(84(64)80)56-32-38-78-68(47-56)62-22-12-18-30-76(62)91-78/h7-47H,1-6H3. The van der Waals surface area contributed by atoms with Gasteiger partial charge in [0.25, 0.3) is 0 Å². The van der Waals surface area contributed by atoms with E-state index in [1.807, 2.05) is 12.1 Å². The van der Waals surface area contributed by atoms with E-state index in [-0.39, 0.29) is 6.71 Å². The molecule has 6 heterocycles. The van der Waals surface area contributed by atoms with Gasteiger partial charge < -0.3 is 27.1 Å². The van der Waals surface area contributed by atoms with E-state index in [1.54, 1.807) is 0 Å². The van der Waals surface area contributed by atoms with Crippen LogP contribution in [0.5, 0.6) is 0 Å². The van der Waals surface area contributed by atoms with Crippen molar-refractivity contribution in [2.24, 2.45) is 0 Å². The first-order chi connectivity index (χ1) is 44.6. The fourth-order valence-corrected chi connectivity index (χ4v) is 16.6. The van der Waals surface area contributed by atoms with E-state index >= 15 is 0 Å². The van der Waals surface area contributed by atoms with E-state index in [0.717, 1.165) is 99.7 Å². The summed E-state index contributed by atoms with van der Waals surface area (Å²) >= 11 is 0. The molecule has 7 heteroatoms. The highest BCUT2D eigenvalue weighted by molar-refractivity contribution is 6.96. The lowest BCUT2D eigenvalue weighted by molar-refractivity contribution is 0.668. The van der Waals surface area contributed by atoms with E-state index < -0.39 is 0 Å². The molecule has 91 heavy (non-hydrogen) atoms. The molecule has 0 spiro atoms. The molecule has 19 rings (SSSR count). The molecule has 0 bridgehead atoms. The second-order valence-corrected chi connectivity index (χ2v) is 25.5. The number of rotatable bonds is 7. The SMILES string of the molecule is Cc1cc(C)c(B(c2cc(-n3c4ccccc4c4c3ccc3c5ccccc5n(-c5ccc6oc7ccccc7c6c5)c34)cc(-n3c4ccccc4c4c3ccc3c5ccccc5n(-c5ccc6oc7ccccc7c6c5)c34)c2)c2c(C)cc(C)cc2C)c(C)c1. The molecule has 0 saturated heterocycles. The van der Waals surface area contributed by atoms with E-state index in [1.165, 1.54) is 104 Å². The quantitative estimate of drug-likeness (QED) is 0.149. The first kappa shape index (κ1) is 51.7. The summed E-state index contributed by atoms with van der Waals surface area (Å²) in [5, 5.41) is 14.0. The minimum Gasteiger partial charge on any atom is -0.456 e. The van der Waals surface area contributed by atoms with Gasteiger partial charge in [-0.1, -0.05) is 195 Å². The maximum absolute atomic E-state index is 6.44. The van der Waals surface area contributed by atoms with Crippen LogP contribution in [0, 0.1) is 41.5 Å². The van der Waals surface area contributed by atoms with Crippen molar-refractivity contribution in [2.45, 2.75) is 41.5 Å². The summed E-state index contributed by atoms with van der Waals surface area (Å²) in [6.45, 7) is 13.6. The molecule has 430 valence electrons. The van der Waals surface area contributed by atoms with Crippen LogP contribution in [0.25, 0.3) is 154 Å². The van der Waals surface area contributed by atoms with Crippen LogP contribution in [0.2, 0.25) is 0 Å². The molecule has 19 aromatic rings. The van der Waals surface area contributed by atoms with Crippen molar-refractivity contribution in [3.63, 3.8) is 0 Å². The topological polar surface area (TPSA) is 46.0 Å². The van der Waals surface area contributed by atoms with E-state index in [9.17, 15) is 0 Å². The van der Waals surface area contributed by atoms with Crippen LogP contribution < -0.4 is 16.4 Å². The van der Waals surface area contributed by atoms with E-state index in [2.05, 4.69) is 296 Å². The Bertz CT molecular complexity index is 5940. The minimum absolute atomic E-state index is 0.118. The van der Waals surface area contributed by atoms with Crippen LogP contribution in [-0.4, -0.2) is 25.0 Å². The predicted octanol–water partition coefficient (Wildman–Crippen LogP) is 20.2.